The van der Waals surface area contributed by atoms with Crippen LogP contribution in [0.4, 0.5) is 5.69 Å². The number of rotatable bonds is 7. The fraction of sp³-hybridized carbons (Fsp3) is 0.562. The minimum atomic E-state index is -0.228. The van der Waals surface area contributed by atoms with Gasteiger partial charge in [-0.2, -0.15) is 11.8 Å². The van der Waals surface area contributed by atoms with Gasteiger partial charge in [0.05, 0.1) is 12.5 Å². The van der Waals surface area contributed by atoms with E-state index < -0.39 is 0 Å². The molecule has 1 amide bonds. The molecule has 1 unspecified atom stereocenters. The zero-order valence-electron chi connectivity index (χ0n) is 13.9. The van der Waals surface area contributed by atoms with E-state index in [1.807, 2.05) is 30.0 Å². The van der Waals surface area contributed by atoms with Gasteiger partial charge < -0.3 is 15.8 Å². The molecule has 0 aliphatic carbocycles. The van der Waals surface area contributed by atoms with Crippen molar-refractivity contribution in [3.05, 3.63) is 29.8 Å². The molecule has 1 fully saturated rings. The van der Waals surface area contributed by atoms with Gasteiger partial charge in [0.25, 0.3) is 0 Å². The van der Waals surface area contributed by atoms with Crippen LogP contribution in [-0.2, 0) is 16.1 Å². The standard InChI is InChI=1S/C16H25N3O2S.2ClH/c1-21-15(11-17)10-16(20)18-14-4-2-3-13(9-14)12-19-5-7-22-8-6-19;;/h2-4,9,15H,5-8,10-12,17H2,1H3,(H,18,20);2*1H. The van der Waals surface area contributed by atoms with Crippen molar-refractivity contribution in [3.8, 4) is 0 Å². The molecule has 24 heavy (non-hydrogen) atoms. The number of methoxy groups -OCH3 is 1. The van der Waals surface area contributed by atoms with E-state index >= 15 is 0 Å². The molecule has 0 saturated carbocycles. The first-order chi connectivity index (χ1) is 10.7. The molecule has 1 saturated heterocycles. The molecular weight excluding hydrogens is 369 g/mol. The third-order valence-corrected chi connectivity index (χ3v) is 4.67. The van der Waals surface area contributed by atoms with Gasteiger partial charge in [-0.05, 0) is 17.7 Å². The highest BCUT2D eigenvalue weighted by atomic mass is 35.5. The number of amides is 1. The maximum atomic E-state index is 12.0. The smallest absolute Gasteiger partial charge is 0.227 e. The van der Waals surface area contributed by atoms with Gasteiger partial charge in [0.2, 0.25) is 5.91 Å². The van der Waals surface area contributed by atoms with E-state index in [4.69, 9.17) is 10.5 Å². The summed E-state index contributed by atoms with van der Waals surface area (Å²) in [4.78, 5) is 14.4. The summed E-state index contributed by atoms with van der Waals surface area (Å²) in [6, 6.07) is 8.05. The molecule has 138 valence electrons. The highest BCUT2D eigenvalue weighted by molar-refractivity contribution is 7.99. The third-order valence-electron chi connectivity index (χ3n) is 3.73. The van der Waals surface area contributed by atoms with Crippen molar-refractivity contribution in [3.63, 3.8) is 0 Å². The van der Waals surface area contributed by atoms with E-state index in [0.717, 1.165) is 25.3 Å². The van der Waals surface area contributed by atoms with Crippen molar-refractivity contribution in [2.45, 2.75) is 19.1 Å². The SMILES string of the molecule is COC(CN)CC(=O)Nc1cccc(CN2CCSCC2)c1.Cl.Cl. The summed E-state index contributed by atoms with van der Waals surface area (Å²) < 4.78 is 5.14. The summed E-state index contributed by atoms with van der Waals surface area (Å²) in [5.41, 5.74) is 7.60. The number of halogens is 2. The van der Waals surface area contributed by atoms with E-state index in [9.17, 15) is 4.79 Å². The highest BCUT2D eigenvalue weighted by Crippen LogP contribution is 2.16. The van der Waals surface area contributed by atoms with Crippen LogP contribution < -0.4 is 11.1 Å². The number of hydrogen-bond acceptors (Lipinski definition) is 5. The first-order valence-electron chi connectivity index (χ1n) is 7.63. The van der Waals surface area contributed by atoms with E-state index in [2.05, 4.69) is 16.3 Å². The Morgan fingerprint density at radius 3 is 2.71 bits per heavy atom. The van der Waals surface area contributed by atoms with Crippen LogP contribution in [-0.4, -0.2) is 55.2 Å². The van der Waals surface area contributed by atoms with Gasteiger partial charge in [0, 0.05) is 50.5 Å². The molecule has 8 heteroatoms. The van der Waals surface area contributed by atoms with Crippen LogP contribution in [0.2, 0.25) is 0 Å². The molecule has 1 aliphatic heterocycles. The van der Waals surface area contributed by atoms with Crippen LogP contribution in [0, 0.1) is 0 Å². The maximum absolute atomic E-state index is 12.0. The Labute approximate surface area is 160 Å². The molecule has 3 N–H and O–H groups in total. The Morgan fingerprint density at radius 2 is 2.08 bits per heavy atom. The lowest BCUT2D eigenvalue weighted by molar-refractivity contribution is -0.118. The van der Waals surface area contributed by atoms with Gasteiger partial charge in [-0.15, -0.1) is 24.8 Å². The van der Waals surface area contributed by atoms with Crippen LogP contribution in [0.3, 0.4) is 0 Å². The van der Waals surface area contributed by atoms with Crippen LogP contribution in [0.15, 0.2) is 24.3 Å². The van der Waals surface area contributed by atoms with Crippen molar-refractivity contribution in [2.24, 2.45) is 5.73 Å². The summed E-state index contributed by atoms with van der Waals surface area (Å²) in [5, 5.41) is 2.92. The fourth-order valence-electron chi connectivity index (χ4n) is 2.45. The average molecular weight is 396 g/mol. The fourth-order valence-corrected chi connectivity index (χ4v) is 3.43. The van der Waals surface area contributed by atoms with Crippen LogP contribution in [0.5, 0.6) is 0 Å². The lowest BCUT2D eigenvalue weighted by atomic mass is 10.1. The normalized spacial score (nSPS) is 15.8. The third kappa shape index (κ3) is 8.05. The van der Waals surface area contributed by atoms with Gasteiger partial charge in [0.15, 0.2) is 0 Å². The predicted octanol–water partition coefficient (Wildman–Crippen LogP) is 2.38. The molecule has 1 aromatic rings. The Bertz CT molecular complexity index is 484. The number of nitrogens with one attached hydrogen (secondary N) is 1. The second-order valence-electron chi connectivity index (χ2n) is 5.43. The van der Waals surface area contributed by atoms with Gasteiger partial charge >= 0.3 is 0 Å². The van der Waals surface area contributed by atoms with Gasteiger partial charge in [0.1, 0.15) is 0 Å². The molecule has 5 nitrogen and oxygen atoms in total. The molecule has 1 atom stereocenters. The zero-order chi connectivity index (χ0) is 15.8. The molecule has 0 spiro atoms. The summed E-state index contributed by atoms with van der Waals surface area (Å²) in [5.74, 6) is 2.34. The number of carbonyl (C=O) groups excluding carboxylic acids is 1. The summed E-state index contributed by atoms with van der Waals surface area (Å²) in [6.07, 6.45) is 0.0506. The molecular formula is C16H27Cl2N3O2S. The number of nitrogens with zero attached hydrogens (tertiary/aromatic N) is 1. The number of anilines is 1. The molecule has 0 bridgehead atoms. The molecule has 1 aromatic carbocycles. The van der Waals surface area contributed by atoms with Gasteiger partial charge in [-0.25, -0.2) is 0 Å². The Kier molecular flexibility index (Phi) is 12.5. The molecule has 0 aromatic heterocycles. The van der Waals surface area contributed by atoms with E-state index in [1.54, 1.807) is 7.11 Å². The average Bonchev–Trinajstić information content (AvgIpc) is 2.54. The highest BCUT2D eigenvalue weighted by Gasteiger charge is 2.13. The van der Waals surface area contributed by atoms with E-state index in [1.165, 1.54) is 17.1 Å². The summed E-state index contributed by atoms with van der Waals surface area (Å²) >= 11 is 2.01. The van der Waals surface area contributed by atoms with Crippen molar-refractivity contribution in [1.29, 1.82) is 0 Å². The largest absolute Gasteiger partial charge is 0.380 e. The Hall–Kier alpha value is -0.500. The van der Waals surface area contributed by atoms with Crippen LogP contribution in [0.1, 0.15) is 12.0 Å². The number of thioether (sulfide) groups is 1. The van der Waals surface area contributed by atoms with E-state index in [0.29, 0.717) is 6.54 Å². The lowest BCUT2D eigenvalue weighted by Crippen LogP contribution is -2.32. The monoisotopic (exact) mass is 395 g/mol. The minimum Gasteiger partial charge on any atom is -0.380 e. The minimum absolute atomic E-state index is 0. The molecule has 1 aliphatic rings. The Morgan fingerprint density at radius 1 is 1.38 bits per heavy atom. The quantitative estimate of drug-likeness (QED) is 0.741. The zero-order valence-corrected chi connectivity index (χ0v) is 16.4. The molecule has 0 radical (unpaired) electrons. The van der Waals surface area contributed by atoms with Crippen molar-refractivity contribution in [1.82, 2.24) is 4.90 Å². The van der Waals surface area contributed by atoms with E-state index in [-0.39, 0.29) is 43.2 Å². The van der Waals surface area contributed by atoms with Crippen molar-refractivity contribution in [2.75, 3.05) is 43.6 Å². The number of carbonyl (C=O) groups is 1. The second kappa shape index (κ2) is 12.8. The Balaban J connectivity index is 0.00000264. The topological polar surface area (TPSA) is 67.6 Å². The van der Waals surface area contributed by atoms with Crippen LogP contribution >= 0.6 is 36.6 Å². The van der Waals surface area contributed by atoms with Crippen molar-refractivity contribution >= 4 is 48.2 Å². The second-order valence-corrected chi connectivity index (χ2v) is 6.66. The number of ether oxygens (including phenoxy) is 1. The van der Waals surface area contributed by atoms with Crippen LogP contribution in [0.25, 0.3) is 0 Å². The van der Waals surface area contributed by atoms with Gasteiger partial charge in [-0.3, -0.25) is 9.69 Å². The lowest BCUT2D eigenvalue weighted by Gasteiger charge is -2.26. The predicted molar refractivity (Wildman–Crippen MR) is 107 cm³/mol. The van der Waals surface area contributed by atoms with Gasteiger partial charge in [-0.1, -0.05) is 12.1 Å². The maximum Gasteiger partial charge on any atom is 0.227 e. The number of nitrogens with two attached hydrogens (primary N) is 1. The van der Waals surface area contributed by atoms with Crippen molar-refractivity contribution < 1.29 is 9.53 Å². The number of benzene rings is 1. The molecule has 2 rings (SSSR count). The first kappa shape index (κ1) is 23.5. The summed E-state index contributed by atoms with van der Waals surface area (Å²) in [7, 11) is 1.57. The number of hydrogen-bond donors (Lipinski definition) is 2. The summed E-state index contributed by atoms with van der Waals surface area (Å²) in [6.45, 7) is 3.55. The molecule has 1 heterocycles. The first-order valence-corrected chi connectivity index (χ1v) is 8.78.